The highest BCUT2D eigenvalue weighted by Crippen LogP contribution is 2.30. The van der Waals surface area contributed by atoms with Gasteiger partial charge in [0.2, 0.25) is 0 Å². The maximum absolute atomic E-state index is 12.6. The van der Waals surface area contributed by atoms with Gasteiger partial charge in [0, 0.05) is 19.2 Å². The lowest BCUT2D eigenvalue weighted by Crippen LogP contribution is -2.16. The largest absolute Gasteiger partial charge is 0.457 e. The molecular formula is C19H17BrN4O4. The summed E-state index contributed by atoms with van der Waals surface area (Å²) < 4.78 is 7.73. The second kappa shape index (κ2) is 7.81. The van der Waals surface area contributed by atoms with Gasteiger partial charge in [0.1, 0.15) is 17.2 Å². The number of hydrogen-bond acceptors (Lipinski definition) is 5. The first kappa shape index (κ1) is 19.6. The van der Waals surface area contributed by atoms with Gasteiger partial charge in [-0.05, 0) is 41.9 Å². The van der Waals surface area contributed by atoms with Crippen molar-refractivity contribution in [3.8, 4) is 11.5 Å². The summed E-state index contributed by atoms with van der Waals surface area (Å²) in [7, 11) is 1.64. The van der Waals surface area contributed by atoms with Crippen LogP contribution in [0.2, 0.25) is 0 Å². The third-order valence-electron chi connectivity index (χ3n) is 3.98. The maximum atomic E-state index is 12.6. The Morgan fingerprint density at radius 2 is 1.86 bits per heavy atom. The highest BCUT2D eigenvalue weighted by molar-refractivity contribution is 9.10. The van der Waals surface area contributed by atoms with Gasteiger partial charge in [0.25, 0.3) is 11.6 Å². The Morgan fingerprint density at radius 3 is 2.43 bits per heavy atom. The number of hydrogen-bond donors (Lipinski definition) is 1. The number of anilines is 1. The number of aromatic nitrogens is 2. The van der Waals surface area contributed by atoms with Crippen LogP contribution in [-0.4, -0.2) is 20.6 Å². The van der Waals surface area contributed by atoms with Crippen molar-refractivity contribution in [3.63, 3.8) is 0 Å². The van der Waals surface area contributed by atoms with E-state index in [0.29, 0.717) is 21.6 Å². The normalized spacial score (nSPS) is 10.6. The molecule has 1 aromatic heterocycles. The lowest BCUT2D eigenvalue weighted by Gasteiger charge is -2.10. The zero-order valence-electron chi connectivity index (χ0n) is 15.4. The number of non-ortho nitro benzene ring substituents is 1. The Hall–Kier alpha value is -3.20. The van der Waals surface area contributed by atoms with Crippen LogP contribution in [0.3, 0.4) is 0 Å². The van der Waals surface area contributed by atoms with Crippen LogP contribution in [-0.2, 0) is 7.05 Å². The van der Waals surface area contributed by atoms with Gasteiger partial charge in [0.15, 0.2) is 0 Å². The fourth-order valence-electron chi connectivity index (χ4n) is 2.63. The topological polar surface area (TPSA) is 99.3 Å². The minimum absolute atomic E-state index is 0.194. The molecule has 0 saturated heterocycles. The molecule has 144 valence electrons. The predicted molar refractivity (Wildman–Crippen MR) is 108 cm³/mol. The fraction of sp³-hybridized carbons (Fsp3) is 0.158. The van der Waals surface area contributed by atoms with Crippen molar-refractivity contribution < 1.29 is 14.5 Å². The summed E-state index contributed by atoms with van der Waals surface area (Å²) in [6, 6.07) is 11.4. The first-order chi connectivity index (χ1) is 13.2. The number of aryl methyl sites for hydroxylation is 3. The van der Waals surface area contributed by atoms with Crippen LogP contribution in [0.1, 0.15) is 21.7 Å². The molecule has 1 heterocycles. The zero-order valence-corrected chi connectivity index (χ0v) is 17.0. The van der Waals surface area contributed by atoms with E-state index in [1.165, 1.54) is 22.9 Å². The number of rotatable bonds is 5. The van der Waals surface area contributed by atoms with Crippen LogP contribution in [0.4, 0.5) is 11.4 Å². The minimum atomic E-state index is -0.540. The van der Waals surface area contributed by atoms with E-state index < -0.39 is 10.8 Å². The first-order valence-corrected chi connectivity index (χ1v) is 9.08. The molecule has 3 aromatic rings. The number of nitrogens with one attached hydrogen (secondary N) is 1. The van der Waals surface area contributed by atoms with Crippen molar-refractivity contribution in [3.05, 3.63) is 74.0 Å². The van der Waals surface area contributed by atoms with Crippen LogP contribution < -0.4 is 10.1 Å². The van der Waals surface area contributed by atoms with E-state index >= 15 is 0 Å². The zero-order chi connectivity index (χ0) is 20.4. The molecule has 3 rings (SSSR count). The summed E-state index contributed by atoms with van der Waals surface area (Å²) in [5, 5.41) is 18.1. The number of amides is 1. The van der Waals surface area contributed by atoms with Crippen LogP contribution in [0.5, 0.6) is 11.5 Å². The van der Waals surface area contributed by atoms with E-state index in [1.54, 1.807) is 26.1 Å². The van der Waals surface area contributed by atoms with Gasteiger partial charge in [-0.3, -0.25) is 19.6 Å². The number of ether oxygens (including phenoxy) is 1. The van der Waals surface area contributed by atoms with Crippen molar-refractivity contribution in [2.75, 3.05) is 5.32 Å². The molecule has 2 aromatic carbocycles. The summed E-state index contributed by atoms with van der Waals surface area (Å²) in [4.78, 5) is 23.4. The Morgan fingerprint density at radius 1 is 1.18 bits per heavy atom. The Bertz CT molecular complexity index is 1060. The third kappa shape index (κ3) is 4.20. The molecule has 0 aliphatic carbocycles. The summed E-state index contributed by atoms with van der Waals surface area (Å²) in [6.07, 6.45) is 0. The maximum Gasteiger partial charge on any atom is 0.275 e. The average Bonchev–Trinajstić information content (AvgIpc) is 2.88. The first-order valence-electron chi connectivity index (χ1n) is 8.29. The van der Waals surface area contributed by atoms with Crippen molar-refractivity contribution in [2.45, 2.75) is 13.8 Å². The van der Waals surface area contributed by atoms with Crippen LogP contribution in [0, 0.1) is 24.0 Å². The number of carbonyl (C=O) groups is 1. The SMILES string of the molecule is Cc1ccc(Oc2cc(NC(=O)c3c(Br)c(C)nn3C)cc([N+](=O)[O-])c2)cc1. The number of carbonyl (C=O) groups excluding carboxylic acids is 1. The molecule has 0 atom stereocenters. The molecule has 0 aliphatic rings. The number of halogens is 1. The molecule has 0 spiro atoms. The number of nitro groups is 1. The molecule has 0 radical (unpaired) electrons. The molecule has 0 aliphatic heterocycles. The predicted octanol–water partition coefficient (Wildman–Crippen LogP) is 4.75. The summed E-state index contributed by atoms with van der Waals surface area (Å²) >= 11 is 3.34. The van der Waals surface area contributed by atoms with E-state index in [1.807, 2.05) is 19.1 Å². The van der Waals surface area contributed by atoms with Crippen molar-refractivity contribution in [1.82, 2.24) is 9.78 Å². The lowest BCUT2D eigenvalue weighted by atomic mass is 10.2. The third-order valence-corrected chi connectivity index (χ3v) is 4.93. The molecule has 0 unspecified atom stereocenters. The molecule has 1 amide bonds. The summed E-state index contributed by atoms with van der Waals surface area (Å²) in [6.45, 7) is 3.71. The van der Waals surface area contributed by atoms with Crippen molar-refractivity contribution in [1.29, 1.82) is 0 Å². The van der Waals surface area contributed by atoms with Crippen LogP contribution >= 0.6 is 15.9 Å². The Kier molecular flexibility index (Phi) is 5.46. The molecular weight excluding hydrogens is 428 g/mol. The van der Waals surface area contributed by atoms with Crippen molar-refractivity contribution >= 4 is 33.2 Å². The molecule has 0 saturated carbocycles. The van der Waals surface area contributed by atoms with Gasteiger partial charge in [0.05, 0.1) is 26.8 Å². The summed E-state index contributed by atoms with van der Waals surface area (Å²) in [5.41, 5.74) is 2.09. The van der Waals surface area contributed by atoms with Gasteiger partial charge in [-0.25, -0.2) is 0 Å². The van der Waals surface area contributed by atoms with E-state index in [4.69, 9.17) is 4.74 Å². The second-order valence-corrected chi connectivity index (χ2v) is 7.01. The molecule has 9 heteroatoms. The lowest BCUT2D eigenvalue weighted by molar-refractivity contribution is -0.384. The molecule has 1 N–H and O–H groups in total. The van der Waals surface area contributed by atoms with Crippen LogP contribution in [0.25, 0.3) is 0 Å². The highest BCUT2D eigenvalue weighted by Gasteiger charge is 2.20. The monoisotopic (exact) mass is 444 g/mol. The van der Waals surface area contributed by atoms with Gasteiger partial charge < -0.3 is 10.1 Å². The number of benzene rings is 2. The quantitative estimate of drug-likeness (QED) is 0.451. The van der Waals surface area contributed by atoms with E-state index in [-0.39, 0.29) is 17.1 Å². The van der Waals surface area contributed by atoms with E-state index in [0.717, 1.165) is 5.56 Å². The minimum Gasteiger partial charge on any atom is -0.457 e. The smallest absolute Gasteiger partial charge is 0.275 e. The second-order valence-electron chi connectivity index (χ2n) is 6.21. The molecule has 0 bridgehead atoms. The van der Waals surface area contributed by atoms with E-state index in [2.05, 4.69) is 26.3 Å². The van der Waals surface area contributed by atoms with Gasteiger partial charge in [-0.1, -0.05) is 17.7 Å². The molecule has 8 nitrogen and oxygen atoms in total. The van der Waals surface area contributed by atoms with Gasteiger partial charge in [-0.15, -0.1) is 0 Å². The van der Waals surface area contributed by atoms with Crippen LogP contribution in [0.15, 0.2) is 46.9 Å². The fourth-order valence-corrected chi connectivity index (χ4v) is 3.15. The average molecular weight is 445 g/mol. The van der Waals surface area contributed by atoms with Gasteiger partial charge in [-0.2, -0.15) is 5.10 Å². The Labute approximate surface area is 169 Å². The molecule has 0 fully saturated rings. The number of nitrogens with zero attached hydrogens (tertiary/aromatic N) is 3. The van der Waals surface area contributed by atoms with Gasteiger partial charge >= 0.3 is 0 Å². The Balaban J connectivity index is 1.91. The number of nitro benzene ring substituents is 1. The summed E-state index contributed by atoms with van der Waals surface area (Å²) in [5.74, 6) is 0.332. The molecule has 28 heavy (non-hydrogen) atoms. The highest BCUT2D eigenvalue weighted by atomic mass is 79.9. The van der Waals surface area contributed by atoms with E-state index in [9.17, 15) is 14.9 Å². The standard InChI is InChI=1S/C19H17BrN4O4/c1-11-4-6-15(7-5-11)28-16-9-13(8-14(10-16)24(26)27)21-19(25)18-17(20)12(2)22-23(18)3/h4-10H,1-3H3,(H,21,25). The van der Waals surface area contributed by atoms with Crippen molar-refractivity contribution in [2.24, 2.45) is 7.05 Å².